The van der Waals surface area contributed by atoms with Crippen molar-refractivity contribution in [3.63, 3.8) is 0 Å². The van der Waals surface area contributed by atoms with Crippen molar-refractivity contribution in [2.45, 2.75) is 182 Å². The van der Waals surface area contributed by atoms with Crippen molar-refractivity contribution in [1.29, 1.82) is 0 Å². The molecule has 0 spiro atoms. The first-order valence-corrected chi connectivity index (χ1v) is 22.9. The Kier molecular flexibility index (Phi) is 15.6. The van der Waals surface area contributed by atoms with Gasteiger partial charge in [0.15, 0.2) is 0 Å². The molecule has 0 unspecified atom stereocenters. The molecule has 0 N–H and O–H groups in total. The Morgan fingerprint density at radius 3 is 1.08 bits per heavy atom. The van der Waals surface area contributed by atoms with E-state index >= 15 is 0 Å². The molecule has 0 radical (unpaired) electrons. The van der Waals surface area contributed by atoms with Crippen LogP contribution in [0.1, 0.15) is 147 Å². The predicted molar refractivity (Wildman–Crippen MR) is 222 cm³/mol. The molecule has 4 rings (SSSR count). The Labute approximate surface area is 323 Å². The third kappa shape index (κ3) is 10.9. The highest BCUT2D eigenvalue weighted by Gasteiger charge is 2.50. The van der Waals surface area contributed by atoms with Gasteiger partial charge in [-0.3, -0.25) is 9.80 Å². The number of likely N-dealkylation sites (tertiary alicyclic amines) is 2. The first-order chi connectivity index (χ1) is 24.3. The maximum absolute atomic E-state index is 6.63. The first-order valence-electron chi connectivity index (χ1n) is 20.7. The lowest BCUT2D eigenvalue weighted by atomic mass is 9.76. The van der Waals surface area contributed by atoms with Crippen LogP contribution >= 0.6 is 17.1 Å². The van der Waals surface area contributed by atoms with Crippen molar-refractivity contribution >= 4 is 17.1 Å². The van der Waals surface area contributed by atoms with Crippen LogP contribution < -0.4 is 0 Å². The van der Waals surface area contributed by atoms with Gasteiger partial charge in [0.05, 0.1) is 26.4 Å². The van der Waals surface area contributed by atoms with Gasteiger partial charge in [0, 0.05) is 71.2 Å². The second kappa shape index (κ2) is 18.1. The molecule has 10 heteroatoms. The maximum atomic E-state index is 6.63. The highest BCUT2D eigenvalue weighted by molar-refractivity contribution is 7.44. The van der Waals surface area contributed by atoms with E-state index in [0.29, 0.717) is 12.1 Å². The van der Waals surface area contributed by atoms with Crippen LogP contribution in [0.4, 0.5) is 0 Å². The van der Waals surface area contributed by atoms with Crippen LogP contribution in [-0.4, -0.2) is 106 Å². The lowest BCUT2D eigenvalue weighted by Gasteiger charge is -2.57. The summed E-state index contributed by atoms with van der Waals surface area (Å²) in [4.78, 5) is 5.29. The Bertz CT molecular complexity index is 1020. The van der Waals surface area contributed by atoms with Crippen molar-refractivity contribution in [2.24, 2.45) is 10.8 Å². The average molecular weight is 767 g/mol. The number of unbranched alkanes of at least 4 members (excludes halogenated alkanes) is 3. The molecule has 4 aliphatic heterocycles. The summed E-state index contributed by atoms with van der Waals surface area (Å²) in [5.74, 6) is 0. The van der Waals surface area contributed by atoms with E-state index in [1.54, 1.807) is 0 Å². The van der Waals surface area contributed by atoms with E-state index in [1.165, 1.54) is 12.8 Å². The number of hydrogen-bond donors (Lipinski definition) is 0. The zero-order valence-corrected chi connectivity index (χ0v) is 37.6. The van der Waals surface area contributed by atoms with Crippen LogP contribution in [0.5, 0.6) is 0 Å². The molecule has 0 bridgehead atoms. The first kappa shape index (κ1) is 44.7. The van der Waals surface area contributed by atoms with Gasteiger partial charge in [0.2, 0.25) is 0 Å². The van der Waals surface area contributed by atoms with E-state index in [0.717, 1.165) is 104 Å². The van der Waals surface area contributed by atoms with Gasteiger partial charge < -0.3 is 18.1 Å². The molecule has 8 nitrogen and oxygen atoms in total. The minimum atomic E-state index is -1.07. The fourth-order valence-corrected chi connectivity index (χ4v) is 13.5. The molecule has 4 saturated heterocycles. The summed E-state index contributed by atoms with van der Waals surface area (Å²) >= 11 is 0. The summed E-state index contributed by atoms with van der Waals surface area (Å²) in [5.41, 5.74) is 0.479. The molecule has 52 heavy (non-hydrogen) atoms. The third-order valence-electron chi connectivity index (χ3n) is 13.1. The number of piperidine rings is 2. The van der Waals surface area contributed by atoms with Gasteiger partial charge in [-0.2, -0.15) is 0 Å². The molecule has 0 amide bonds. The molecule has 4 fully saturated rings. The Morgan fingerprint density at radius 1 is 0.538 bits per heavy atom. The van der Waals surface area contributed by atoms with Crippen LogP contribution in [0.3, 0.4) is 0 Å². The molecule has 4 heterocycles. The van der Waals surface area contributed by atoms with Gasteiger partial charge in [-0.1, -0.05) is 52.7 Å². The summed E-state index contributed by atoms with van der Waals surface area (Å²) in [5, 5.41) is 0. The minimum absolute atomic E-state index is 0.0655. The van der Waals surface area contributed by atoms with E-state index < -0.39 is 17.1 Å². The van der Waals surface area contributed by atoms with Crippen LogP contribution in [-0.2, 0) is 18.1 Å². The number of hydrogen-bond acceptors (Lipinski definition) is 8. The SMILES string of the molecule is C=CCN1C(C)(C)CC(N(CCCCCCN(C2CC(C)(C)N(CC=C)C(C)(C)C2)P2OCC(C)(CC)CO2)P2OCC(C)(CC)CO2)CC1(C)C. The lowest BCUT2D eigenvalue weighted by molar-refractivity contribution is -0.0526. The van der Waals surface area contributed by atoms with E-state index in [4.69, 9.17) is 18.1 Å². The van der Waals surface area contributed by atoms with Gasteiger partial charge in [0.1, 0.15) is 0 Å². The molecular formula is C42H80N4O4P2. The van der Waals surface area contributed by atoms with E-state index in [1.807, 2.05) is 0 Å². The van der Waals surface area contributed by atoms with Crippen molar-refractivity contribution in [2.75, 3.05) is 52.6 Å². The van der Waals surface area contributed by atoms with Crippen molar-refractivity contribution in [3.8, 4) is 0 Å². The molecule has 0 saturated carbocycles. The van der Waals surface area contributed by atoms with Gasteiger partial charge in [0.25, 0.3) is 17.1 Å². The Balaban J connectivity index is 1.42. The van der Waals surface area contributed by atoms with Gasteiger partial charge in [-0.05, 0) is 107 Å². The largest absolute Gasteiger partial charge is 0.321 e. The van der Waals surface area contributed by atoms with Gasteiger partial charge in [-0.15, -0.1) is 13.2 Å². The number of nitrogens with zero attached hydrogens (tertiary/aromatic N) is 4. The van der Waals surface area contributed by atoms with Crippen LogP contribution in [0.2, 0.25) is 0 Å². The molecule has 0 aliphatic carbocycles. The summed E-state index contributed by atoms with van der Waals surface area (Å²) in [7, 11) is -2.14. The van der Waals surface area contributed by atoms with E-state index in [9.17, 15) is 0 Å². The van der Waals surface area contributed by atoms with E-state index in [-0.39, 0.29) is 33.0 Å². The quantitative estimate of drug-likeness (QED) is 0.0824. The zero-order valence-electron chi connectivity index (χ0n) is 35.8. The standard InChI is InChI=1S/C42H80N4O4P2/c1-15-23-45-37(5,6)27-35(28-38(45,7)8)43(51-47-31-41(13,17-3)32-48-51)25-21-19-20-22-26-44(52-49-33-42(14,18-4)34-50-52)36-29-39(9,10)46(24-16-2)40(11,12)30-36/h15-16,35-36H,1-2,17-34H2,3-14H3. The zero-order chi connectivity index (χ0) is 38.6. The Hall–Kier alpha value is 0.0200. The fourth-order valence-electron chi connectivity index (χ4n) is 9.60. The summed E-state index contributed by atoms with van der Waals surface area (Å²) in [6.07, 6.45) is 15.4. The summed E-state index contributed by atoms with van der Waals surface area (Å²) < 4.78 is 31.8. The Morgan fingerprint density at radius 2 is 0.827 bits per heavy atom. The molecule has 302 valence electrons. The second-order valence-electron chi connectivity index (χ2n) is 19.8. The third-order valence-corrected chi connectivity index (χ3v) is 16.4. The highest BCUT2D eigenvalue weighted by Crippen LogP contribution is 2.56. The lowest BCUT2D eigenvalue weighted by Crippen LogP contribution is -2.63. The van der Waals surface area contributed by atoms with Crippen LogP contribution in [0.25, 0.3) is 0 Å². The normalized spacial score (nSPS) is 33.0. The fraction of sp³-hybridized carbons (Fsp3) is 0.905. The van der Waals surface area contributed by atoms with Crippen molar-refractivity contribution in [1.82, 2.24) is 19.1 Å². The maximum Gasteiger partial charge on any atom is 0.259 e. The van der Waals surface area contributed by atoms with Crippen LogP contribution in [0.15, 0.2) is 25.3 Å². The molecule has 0 aromatic heterocycles. The molecule has 0 aromatic rings. The van der Waals surface area contributed by atoms with Crippen molar-refractivity contribution in [3.05, 3.63) is 25.3 Å². The van der Waals surface area contributed by atoms with Gasteiger partial charge in [-0.25, -0.2) is 9.34 Å². The van der Waals surface area contributed by atoms with Crippen molar-refractivity contribution < 1.29 is 18.1 Å². The molecular weight excluding hydrogens is 686 g/mol. The average Bonchev–Trinajstić information content (AvgIpc) is 3.06. The van der Waals surface area contributed by atoms with Gasteiger partial charge >= 0.3 is 0 Å². The highest BCUT2D eigenvalue weighted by atomic mass is 31.2. The molecule has 0 atom stereocenters. The summed E-state index contributed by atoms with van der Waals surface area (Å²) in [6, 6.07) is 0.851. The topological polar surface area (TPSA) is 49.9 Å². The summed E-state index contributed by atoms with van der Waals surface area (Å²) in [6.45, 7) is 43.6. The van der Waals surface area contributed by atoms with Crippen LogP contribution in [0, 0.1) is 10.8 Å². The molecule has 4 aliphatic rings. The monoisotopic (exact) mass is 767 g/mol. The number of rotatable bonds is 17. The minimum Gasteiger partial charge on any atom is -0.321 e. The predicted octanol–water partition coefficient (Wildman–Crippen LogP) is 10.9. The molecule has 0 aromatic carbocycles. The smallest absolute Gasteiger partial charge is 0.259 e. The van der Waals surface area contributed by atoms with E-state index in [2.05, 4.69) is 128 Å². The second-order valence-corrected chi connectivity index (χ2v) is 22.8.